The van der Waals surface area contributed by atoms with Gasteiger partial charge in [-0.05, 0) is 18.8 Å². The first-order valence-electron chi connectivity index (χ1n) is 8.94. The van der Waals surface area contributed by atoms with Gasteiger partial charge in [0.15, 0.2) is 5.96 Å². The summed E-state index contributed by atoms with van der Waals surface area (Å²) < 4.78 is 0. The van der Waals surface area contributed by atoms with Gasteiger partial charge >= 0.3 is 0 Å². The maximum Gasteiger partial charge on any atom is 0.220 e. The van der Waals surface area contributed by atoms with Crippen molar-refractivity contribution in [1.29, 1.82) is 0 Å². The molecule has 2 rings (SSSR count). The number of carbonyl (C=O) groups excluding carboxylic acids is 1. The molecule has 1 aliphatic rings. The molecule has 1 aliphatic heterocycles. The zero-order valence-corrected chi connectivity index (χ0v) is 19.6. The monoisotopic (exact) mass is 493 g/mol. The van der Waals surface area contributed by atoms with Gasteiger partial charge < -0.3 is 15.5 Å². The molecule has 0 atom stereocenters. The third-order valence-electron chi connectivity index (χ3n) is 4.50. The second-order valence-corrected chi connectivity index (χ2v) is 8.46. The predicted molar refractivity (Wildman–Crippen MR) is 119 cm³/mol. The fourth-order valence-electron chi connectivity index (χ4n) is 2.95. The molecule has 26 heavy (non-hydrogen) atoms. The number of hydrogen-bond acceptors (Lipinski definition) is 4. The minimum absolute atomic E-state index is 0. The van der Waals surface area contributed by atoms with Crippen molar-refractivity contribution in [3.63, 3.8) is 0 Å². The maximum absolute atomic E-state index is 11.5. The highest BCUT2D eigenvalue weighted by Gasteiger charge is 2.23. The van der Waals surface area contributed by atoms with E-state index in [0.717, 1.165) is 42.6 Å². The molecule has 2 heterocycles. The highest BCUT2D eigenvalue weighted by molar-refractivity contribution is 14.0. The lowest BCUT2D eigenvalue weighted by Crippen LogP contribution is -2.45. The Morgan fingerprint density at radius 2 is 2.04 bits per heavy atom. The molecule has 148 valence electrons. The second kappa shape index (κ2) is 10.4. The van der Waals surface area contributed by atoms with E-state index in [4.69, 9.17) is 4.98 Å². The molecule has 0 spiro atoms. The van der Waals surface area contributed by atoms with Crippen molar-refractivity contribution in [2.24, 2.45) is 10.9 Å². The van der Waals surface area contributed by atoms with Gasteiger partial charge in [0.25, 0.3) is 0 Å². The van der Waals surface area contributed by atoms with Crippen LogP contribution in [-0.4, -0.2) is 48.9 Å². The quantitative estimate of drug-likeness (QED) is 0.385. The Morgan fingerprint density at radius 3 is 2.54 bits per heavy atom. The Labute approximate surface area is 178 Å². The number of thiazole rings is 1. The Bertz CT molecular complexity index is 603. The first kappa shape index (κ1) is 23.1. The fraction of sp³-hybridized carbons (Fsp3) is 0.722. The van der Waals surface area contributed by atoms with Crippen LogP contribution in [0.25, 0.3) is 0 Å². The summed E-state index contributed by atoms with van der Waals surface area (Å²) in [5.74, 6) is 1.53. The molecule has 8 heteroatoms. The van der Waals surface area contributed by atoms with Gasteiger partial charge in [-0.15, -0.1) is 35.3 Å². The van der Waals surface area contributed by atoms with E-state index >= 15 is 0 Å². The Hall–Kier alpha value is -0.900. The summed E-state index contributed by atoms with van der Waals surface area (Å²) in [6, 6.07) is 0. The molecule has 6 nitrogen and oxygen atoms in total. The van der Waals surface area contributed by atoms with E-state index < -0.39 is 0 Å². The van der Waals surface area contributed by atoms with Crippen LogP contribution in [0.4, 0.5) is 0 Å². The summed E-state index contributed by atoms with van der Waals surface area (Å²) in [7, 11) is 3.52. The first-order valence-corrected chi connectivity index (χ1v) is 9.82. The van der Waals surface area contributed by atoms with Gasteiger partial charge in [0.1, 0.15) is 0 Å². The van der Waals surface area contributed by atoms with Crippen LogP contribution in [0.2, 0.25) is 0 Å². The molecule has 0 radical (unpaired) electrons. The number of likely N-dealkylation sites (tertiary alicyclic amines) is 1. The third-order valence-corrected chi connectivity index (χ3v) is 5.82. The van der Waals surface area contributed by atoms with Crippen molar-refractivity contribution in [3.05, 3.63) is 16.1 Å². The lowest BCUT2D eigenvalue weighted by molar-refractivity contribution is -0.121. The summed E-state index contributed by atoms with van der Waals surface area (Å²) >= 11 is 1.72. The highest BCUT2D eigenvalue weighted by atomic mass is 127. The molecule has 1 amide bonds. The Balaban J connectivity index is 0.00000338. The second-order valence-electron chi connectivity index (χ2n) is 7.60. The Kier molecular flexibility index (Phi) is 9.29. The summed E-state index contributed by atoms with van der Waals surface area (Å²) in [5, 5.41) is 9.42. The van der Waals surface area contributed by atoms with Crippen LogP contribution in [0.1, 0.15) is 50.7 Å². The molecule has 0 bridgehead atoms. The largest absolute Gasteiger partial charge is 0.359 e. The third kappa shape index (κ3) is 6.68. The summed E-state index contributed by atoms with van der Waals surface area (Å²) in [6.45, 7) is 9.12. The van der Waals surface area contributed by atoms with Crippen LogP contribution in [0.3, 0.4) is 0 Å². The van der Waals surface area contributed by atoms with Gasteiger partial charge in [-0.3, -0.25) is 9.79 Å². The highest BCUT2D eigenvalue weighted by Crippen LogP contribution is 2.25. The van der Waals surface area contributed by atoms with Crippen molar-refractivity contribution in [2.75, 3.05) is 27.2 Å². The van der Waals surface area contributed by atoms with Crippen LogP contribution in [0, 0.1) is 5.92 Å². The fourth-order valence-corrected chi connectivity index (χ4v) is 3.85. The first-order chi connectivity index (χ1) is 11.8. The van der Waals surface area contributed by atoms with Gasteiger partial charge in [-0.1, -0.05) is 20.8 Å². The smallest absolute Gasteiger partial charge is 0.220 e. The molecular formula is C18H32IN5OS. The molecule has 2 N–H and O–H groups in total. The van der Waals surface area contributed by atoms with Gasteiger partial charge in [0.2, 0.25) is 5.91 Å². The zero-order valence-electron chi connectivity index (χ0n) is 16.5. The number of hydrogen-bond donors (Lipinski definition) is 2. The molecule has 0 unspecified atom stereocenters. The summed E-state index contributed by atoms with van der Waals surface area (Å²) in [6.07, 6.45) is 2.68. The van der Waals surface area contributed by atoms with Crippen LogP contribution in [0.5, 0.6) is 0 Å². The van der Waals surface area contributed by atoms with Crippen LogP contribution in [-0.2, 0) is 16.8 Å². The topological polar surface area (TPSA) is 69.6 Å². The number of nitrogens with zero attached hydrogens (tertiary/aromatic N) is 3. The normalized spacial score (nSPS) is 16.2. The van der Waals surface area contributed by atoms with Crippen LogP contribution < -0.4 is 10.6 Å². The van der Waals surface area contributed by atoms with Crippen molar-refractivity contribution in [2.45, 2.75) is 52.0 Å². The molecule has 1 fully saturated rings. The lowest BCUT2D eigenvalue weighted by atomic mass is 9.93. The minimum atomic E-state index is 0. The van der Waals surface area contributed by atoms with E-state index in [1.807, 2.05) is 7.05 Å². The lowest BCUT2D eigenvalue weighted by Gasteiger charge is -2.34. The number of piperidine rings is 1. The molecule has 0 aliphatic carbocycles. The molecule has 0 saturated carbocycles. The van der Waals surface area contributed by atoms with Crippen LogP contribution in [0.15, 0.2) is 10.4 Å². The molecular weight excluding hydrogens is 461 g/mol. The van der Waals surface area contributed by atoms with Gasteiger partial charge in [-0.25, -0.2) is 4.98 Å². The van der Waals surface area contributed by atoms with Crippen LogP contribution >= 0.6 is 35.3 Å². The van der Waals surface area contributed by atoms with E-state index in [-0.39, 0.29) is 35.3 Å². The van der Waals surface area contributed by atoms with E-state index in [1.54, 1.807) is 18.4 Å². The number of halogens is 1. The molecule has 1 aromatic heterocycles. The van der Waals surface area contributed by atoms with Gasteiger partial charge in [-0.2, -0.15) is 0 Å². The average Bonchev–Trinajstić information content (AvgIpc) is 3.06. The standard InChI is InChI=1S/C18H31N5OS.HI/c1-18(2,3)16-22-14(12-25-16)11-21-17(20-5)23-8-6-13(7-9-23)10-15(24)19-4;/h12-13H,6-11H2,1-5H3,(H,19,24)(H,20,21);1H. The summed E-state index contributed by atoms with van der Waals surface area (Å²) in [4.78, 5) is 22.9. The number of aliphatic imine (C=N–C) groups is 1. The van der Waals surface area contributed by atoms with Crippen molar-refractivity contribution < 1.29 is 4.79 Å². The summed E-state index contributed by atoms with van der Waals surface area (Å²) in [5.41, 5.74) is 1.16. The number of guanidine groups is 1. The maximum atomic E-state index is 11.5. The zero-order chi connectivity index (χ0) is 18.4. The number of amides is 1. The van der Waals surface area contributed by atoms with Crippen molar-refractivity contribution >= 4 is 47.2 Å². The number of aromatic nitrogens is 1. The van der Waals surface area contributed by atoms with E-state index in [9.17, 15) is 4.79 Å². The molecule has 0 aromatic carbocycles. The van der Waals surface area contributed by atoms with E-state index in [2.05, 4.69) is 46.7 Å². The van der Waals surface area contributed by atoms with E-state index in [0.29, 0.717) is 18.9 Å². The molecule has 1 aromatic rings. The minimum Gasteiger partial charge on any atom is -0.359 e. The Morgan fingerprint density at radius 1 is 1.38 bits per heavy atom. The molecule has 1 saturated heterocycles. The van der Waals surface area contributed by atoms with E-state index in [1.165, 1.54) is 0 Å². The number of rotatable bonds is 4. The van der Waals surface area contributed by atoms with Crippen molar-refractivity contribution in [1.82, 2.24) is 20.5 Å². The number of carbonyl (C=O) groups is 1. The van der Waals surface area contributed by atoms with Crippen molar-refractivity contribution in [3.8, 4) is 0 Å². The average molecular weight is 493 g/mol. The van der Waals surface area contributed by atoms with Gasteiger partial charge in [0, 0.05) is 44.4 Å². The predicted octanol–water partition coefficient (Wildman–Crippen LogP) is 2.98. The SMILES string of the molecule is CN=C(NCc1csc(C(C)(C)C)n1)N1CCC(CC(=O)NC)CC1.I. The number of nitrogens with one attached hydrogen (secondary N) is 2. The van der Waals surface area contributed by atoms with Gasteiger partial charge in [0.05, 0.1) is 17.2 Å².